The molecule has 2 heterocycles. The summed E-state index contributed by atoms with van der Waals surface area (Å²) in [7, 11) is 2.00. The molecule has 0 unspecified atom stereocenters. The van der Waals surface area contributed by atoms with E-state index >= 15 is 0 Å². The second kappa shape index (κ2) is 17.2. The van der Waals surface area contributed by atoms with Gasteiger partial charge in [-0.25, -0.2) is 0 Å². The molecule has 6 rings (SSSR count). The molecule has 0 fully saturated rings. The number of aromatic hydroxyl groups is 1. The minimum absolute atomic E-state index is 0.00828. The summed E-state index contributed by atoms with van der Waals surface area (Å²) in [6.45, 7) is 2.75. The highest BCUT2D eigenvalue weighted by Crippen LogP contribution is 2.36. The van der Waals surface area contributed by atoms with E-state index in [-0.39, 0.29) is 24.3 Å². The van der Waals surface area contributed by atoms with Crippen LogP contribution in [0.15, 0.2) is 125 Å². The molecule has 0 saturated heterocycles. The number of aromatic nitrogens is 2. The zero-order chi connectivity index (χ0) is 37.2. The Morgan fingerprint density at radius 1 is 0.962 bits per heavy atom. The molecular weight excluding hydrogens is 676 g/mol. The van der Waals surface area contributed by atoms with Gasteiger partial charge in [0.1, 0.15) is 22.7 Å². The van der Waals surface area contributed by atoms with Crippen LogP contribution in [0, 0.1) is 0 Å². The third-order valence-corrected chi connectivity index (χ3v) is 9.08. The molecule has 0 spiro atoms. The highest BCUT2D eigenvalue weighted by Gasteiger charge is 2.37. The molecule has 0 amide bonds. The van der Waals surface area contributed by atoms with Crippen LogP contribution in [0.4, 0.5) is 0 Å². The van der Waals surface area contributed by atoms with Crippen molar-refractivity contribution in [3.63, 3.8) is 0 Å². The van der Waals surface area contributed by atoms with Crippen LogP contribution in [-0.2, 0) is 23.4 Å². The topological polar surface area (TPSA) is 160 Å². The molecule has 12 nitrogen and oxygen atoms in total. The van der Waals surface area contributed by atoms with Crippen LogP contribution < -0.4 is 20.5 Å². The Kier molecular flexibility index (Phi) is 12.0. The highest BCUT2D eigenvalue weighted by atomic mass is 16.7. The molecule has 2 aromatic heterocycles. The Balaban J connectivity index is 0.933. The van der Waals surface area contributed by atoms with Gasteiger partial charge in [-0.05, 0) is 73.0 Å². The van der Waals surface area contributed by atoms with Crippen molar-refractivity contribution < 1.29 is 34.2 Å². The summed E-state index contributed by atoms with van der Waals surface area (Å²) in [5, 5.41) is 41.1. The average Bonchev–Trinajstić information content (AvgIpc) is 3.66. The quantitative estimate of drug-likeness (QED) is 0.0740. The summed E-state index contributed by atoms with van der Waals surface area (Å²) >= 11 is 0. The van der Waals surface area contributed by atoms with Gasteiger partial charge >= 0.3 is 6.47 Å². The minimum atomic E-state index is -1.44. The van der Waals surface area contributed by atoms with Crippen molar-refractivity contribution in [2.24, 2.45) is 0 Å². The Labute approximate surface area is 306 Å². The molecule has 0 saturated carbocycles. The van der Waals surface area contributed by atoms with Crippen LogP contribution in [0.5, 0.6) is 11.5 Å². The van der Waals surface area contributed by atoms with E-state index < -0.39 is 17.3 Å². The smallest absolute Gasteiger partial charge is 0.321 e. The SMILES string of the molecule is CN(CCCOc1ccc(CCNC[C@H](O)c2ccc(O)c3c2ccc(=O)n3OC=O)cc1)Cc1cc(C(O)(c2ccccc2)c2ccccc2)no1. The molecule has 0 radical (unpaired) electrons. The molecule has 0 aliphatic rings. The molecular formula is C41H42N4O8. The first kappa shape index (κ1) is 37.0. The van der Waals surface area contributed by atoms with Gasteiger partial charge in [-0.3, -0.25) is 14.5 Å². The number of pyridine rings is 1. The summed E-state index contributed by atoms with van der Waals surface area (Å²) in [5.74, 6) is 1.18. The number of phenolic OH excluding ortho intramolecular Hbond substituents is 1. The maximum absolute atomic E-state index is 12.1. The van der Waals surface area contributed by atoms with Gasteiger partial charge in [-0.2, -0.15) is 0 Å². The van der Waals surface area contributed by atoms with Gasteiger partial charge in [0.15, 0.2) is 11.4 Å². The van der Waals surface area contributed by atoms with E-state index in [9.17, 15) is 24.9 Å². The number of benzene rings is 4. The van der Waals surface area contributed by atoms with Crippen LogP contribution in [0.1, 0.15) is 46.2 Å². The predicted molar refractivity (Wildman–Crippen MR) is 198 cm³/mol. The van der Waals surface area contributed by atoms with Crippen LogP contribution >= 0.6 is 0 Å². The average molecular weight is 719 g/mol. The number of hydrogen-bond donors (Lipinski definition) is 4. The molecule has 12 heteroatoms. The lowest BCUT2D eigenvalue weighted by atomic mass is 9.83. The Hall–Kier alpha value is -5.79. The molecule has 1 atom stereocenters. The second-order valence-electron chi connectivity index (χ2n) is 12.8. The first-order chi connectivity index (χ1) is 25.8. The molecule has 53 heavy (non-hydrogen) atoms. The number of hydrogen-bond acceptors (Lipinski definition) is 11. The van der Waals surface area contributed by atoms with Crippen molar-refractivity contribution in [1.29, 1.82) is 0 Å². The lowest BCUT2D eigenvalue weighted by Crippen LogP contribution is -2.29. The zero-order valence-electron chi connectivity index (χ0n) is 29.3. The van der Waals surface area contributed by atoms with E-state index in [1.54, 1.807) is 6.07 Å². The molecule has 0 aliphatic carbocycles. The fourth-order valence-corrected chi connectivity index (χ4v) is 6.35. The van der Waals surface area contributed by atoms with Crippen molar-refractivity contribution >= 4 is 17.4 Å². The number of phenols is 1. The van der Waals surface area contributed by atoms with E-state index in [0.29, 0.717) is 58.0 Å². The number of fused-ring (bicyclic) bond motifs is 1. The summed E-state index contributed by atoms with van der Waals surface area (Å²) in [5.41, 5.74) is 1.37. The van der Waals surface area contributed by atoms with Crippen LogP contribution in [0.25, 0.3) is 10.9 Å². The highest BCUT2D eigenvalue weighted by molar-refractivity contribution is 5.88. The summed E-state index contributed by atoms with van der Waals surface area (Å²) in [4.78, 5) is 29.9. The van der Waals surface area contributed by atoms with Crippen molar-refractivity contribution in [2.45, 2.75) is 31.1 Å². The van der Waals surface area contributed by atoms with Crippen molar-refractivity contribution in [2.75, 3.05) is 33.3 Å². The first-order valence-electron chi connectivity index (χ1n) is 17.3. The van der Waals surface area contributed by atoms with Gasteiger partial charge in [-0.1, -0.05) is 84.0 Å². The monoisotopic (exact) mass is 718 g/mol. The first-order valence-corrected chi connectivity index (χ1v) is 17.3. The second-order valence-corrected chi connectivity index (χ2v) is 12.8. The number of carbonyl (C=O) groups is 1. The fraction of sp³-hybridized carbons (Fsp3) is 0.244. The number of ether oxygens (including phenoxy) is 1. The molecule has 274 valence electrons. The molecule has 0 aliphatic heterocycles. The fourth-order valence-electron chi connectivity index (χ4n) is 6.35. The Morgan fingerprint density at radius 2 is 1.66 bits per heavy atom. The maximum atomic E-state index is 12.1. The number of carbonyl (C=O) groups excluding carboxylic acids is 1. The summed E-state index contributed by atoms with van der Waals surface area (Å²) < 4.78 is 12.4. The maximum Gasteiger partial charge on any atom is 0.321 e. The number of nitrogens with zero attached hydrogens (tertiary/aromatic N) is 3. The van der Waals surface area contributed by atoms with E-state index in [2.05, 4.69) is 15.4 Å². The zero-order valence-corrected chi connectivity index (χ0v) is 29.3. The molecule has 0 bridgehead atoms. The van der Waals surface area contributed by atoms with E-state index in [0.717, 1.165) is 30.7 Å². The third-order valence-electron chi connectivity index (χ3n) is 9.08. The van der Waals surface area contributed by atoms with Gasteiger partial charge in [0.05, 0.1) is 19.3 Å². The van der Waals surface area contributed by atoms with Crippen molar-refractivity contribution in [3.8, 4) is 11.5 Å². The van der Waals surface area contributed by atoms with Gasteiger partial charge < -0.3 is 34.7 Å². The van der Waals surface area contributed by atoms with Gasteiger partial charge in [-0.15, -0.1) is 4.73 Å². The van der Waals surface area contributed by atoms with Crippen LogP contribution in [-0.4, -0.2) is 69.9 Å². The Morgan fingerprint density at radius 3 is 2.34 bits per heavy atom. The van der Waals surface area contributed by atoms with Crippen molar-refractivity contribution in [3.05, 3.63) is 159 Å². The largest absolute Gasteiger partial charge is 0.506 e. The molecule has 4 N–H and O–H groups in total. The lowest BCUT2D eigenvalue weighted by Gasteiger charge is -2.27. The standard InChI is InChI=1S/C41H42N4O8/c1-44(27-33-25-38(43-53-33)41(50,30-9-4-2-5-10-30)31-11-6-3-7-12-31)23-8-24-51-32-15-13-29(14-16-32)21-22-42-26-37(48)34-17-19-36(47)40-35(34)18-20-39(49)45(40)52-28-46/h2-7,9-20,25,28,37,42,47-48,50H,8,21-24,26-27H2,1H3/t37-/m0/s1. The summed E-state index contributed by atoms with van der Waals surface area (Å²) in [6.07, 6.45) is 0.572. The van der Waals surface area contributed by atoms with E-state index in [4.69, 9.17) is 14.1 Å². The number of rotatable bonds is 18. The molecule has 6 aromatic rings. The van der Waals surface area contributed by atoms with E-state index in [1.807, 2.05) is 98.0 Å². The van der Waals surface area contributed by atoms with E-state index in [1.165, 1.54) is 18.2 Å². The van der Waals surface area contributed by atoms with Gasteiger partial charge in [0, 0.05) is 30.6 Å². The molecule has 4 aromatic carbocycles. The number of aliphatic hydroxyl groups excluding tert-OH is 1. The van der Waals surface area contributed by atoms with Crippen LogP contribution in [0.2, 0.25) is 0 Å². The minimum Gasteiger partial charge on any atom is -0.506 e. The van der Waals surface area contributed by atoms with Crippen LogP contribution in [0.3, 0.4) is 0 Å². The third kappa shape index (κ3) is 8.65. The Bertz CT molecular complexity index is 2110. The number of aliphatic hydroxyl groups is 2. The predicted octanol–water partition coefficient (Wildman–Crippen LogP) is 4.33. The normalized spacial score (nSPS) is 12.2. The summed E-state index contributed by atoms with van der Waals surface area (Å²) in [6, 6.07) is 34.2. The van der Waals surface area contributed by atoms with Crippen molar-refractivity contribution in [1.82, 2.24) is 20.1 Å². The van der Waals surface area contributed by atoms with Gasteiger partial charge in [0.25, 0.3) is 5.56 Å². The van der Waals surface area contributed by atoms with Gasteiger partial charge in [0.2, 0.25) is 0 Å². The lowest BCUT2D eigenvalue weighted by molar-refractivity contribution is -0.129. The number of nitrogens with one attached hydrogen (secondary N) is 1.